The number of carbonyl (C=O) groups is 2. The van der Waals surface area contributed by atoms with Crippen molar-refractivity contribution in [3.05, 3.63) is 0 Å². The molecule has 2 saturated heterocycles. The molecule has 2 fully saturated rings. The van der Waals surface area contributed by atoms with Crippen LogP contribution in [0.25, 0.3) is 0 Å². The highest BCUT2D eigenvalue weighted by Gasteiger charge is 2.38. The Balaban J connectivity index is 1.90. The number of carboxylic acids is 1. The van der Waals surface area contributed by atoms with Gasteiger partial charge in [-0.25, -0.2) is 4.79 Å². The summed E-state index contributed by atoms with van der Waals surface area (Å²) in [5.74, 6) is -1.26. The third-order valence-corrected chi connectivity index (χ3v) is 4.48. The molecule has 0 saturated carbocycles. The minimum absolute atomic E-state index is 0.00400. The number of likely N-dealkylation sites (tertiary alicyclic amines) is 1. The van der Waals surface area contributed by atoms with Gasteiger partial charge in [0.25, 0.3) is 0 Å². The van der Waals surface area contributed by atoms with Crippen molar-refractivity contribution in [3.63, 3.8) is 0 Å². The van der Waals surface area contributed by atoms with Gasteiger partial charge < -0.3 is 20.0 Å². The lowest BCUT2D eigenvalue weighted by Gasteiger charge is -2.27. The highest BCUT2D eigenvalue weighted by atomic mass is 16.4. The first-order valence-corrected chi connectivity index (χ1v) is 7.62. The van der Waals surface area contributed by atoms with E-state index >= 15 is 0 Å². The summed E-state index contributed by atoms with van der Waals surface area (Å²) >= 11 is 0. The second-order valence-corrected chi connectivity index (χ2v) is 6.02. The molecule has 120 valence electrons. The van der Waals surface area contributed by atoms with Crippen LogP contribution in [0.4, 0.5) is 4.79 Å². The fraction of sp³-hybridized carbons (Fsp3) is 0.857. The van der Waals surface area contributed by atoms with E-state index in [0.29, 0.717) is 32.7 Å². The molecule has 2 rings (SSSR count). The van der Waals surface area contributed by atoms with E-state index in [-0.39, 0.29) is 18.6 Å². The molecule has 0 aliphatic carbocycles. The van der Waals surface area contributed by atoms with Crippen molar-refractivity contribution >= 4 is 12.0 Å². The molecule has 7 nitrogen and oxygen atoms in total. The van der Waals surface area contributed by atoms with E-state index in [4.69, 9.17) is 10.2 Å². The average Bonchev–Trinajstić information content (AvgIpc) is 2.68. The first-order chi connectivity index (χ1) is 10.0. The number of carbonyl (C=O) groups excluding carboxylic acids is 1. The Kier molecular flexibility index (Phi) is 5.41. The standard InChI is InChI=1S/C14H25N3O4/c1-11-9-17(10-12(11)13(19)20)14(21)16-4-2-3-15(5-6-16)7-8-18/h11-12,18H,2-10H2,1H3,(H,19,20). The predicted molar refractivity (Wildman–Crippen MR) is 77.0 cm³/mol. The smallest absolute Gasteiger partial charge is 0.320 e. The van der Waals surface area contributed by atoms with Crippen molar-refractivity contribution < 1.29 is 19.8 Å². The molecule has 0 spiro atoms. The van der Waals surface area contributed by atoms with Crippen molar-refractivity contribution in [3.8, 4) is 0 Å². The first-order valence-electron chi connectivity index (χ1n) is 7.62. The Labute approximate surface area is 125 Å². The van der Waals surface area contributed by atoms with E-state index in [1.165, 1.54) is 0 Å². The fourth-order valence-corrected chi connectivity index (χ4v) is 3.17. The number of amides is 2. The quantitative estimate of drug-likeness (QED) is 0.751. The van der Waals surface area contributed by atoms with Crippen LogP contribution < -0.4 is 0 Å². The highest BCUT2D eigenvalue weighted by Crippen LogP contribution is 2.24. The molecule has 21 heavy (non-hydrogen) atoms. The fourth-order valence-electron chi connectivity index (χ4n) is 3.17. The van der Waals surface area contributed by atoms with E-state index in [2.05, 4.69) is 4.90 Å². The van der Waals surface area contributed by atoms with Crippen LogP contribution in [-0.2, 0) is 4.79 Å². The van der Waals surface area contributed by atoms with Crippen molar-refractivity contribution in [2.45, 2.75) is 13.3 Å². The van der Waals surface area contributed by atoms with Gasteiger partial charge in [0.2, 0.25) is 0 Å². The van der Waals surface area contributed by atoms with Crippen molar-refractivity contribution in [1.82, 2.24) is 14.7 Å². The summed E-state index contributed by atoms with van der Waals surface area (Å²) in [7, 11) is 0. The molecule has 2 aliphatic heterocycles. The average molecular weight is 299 g/mol. The second-order valence-electron chi connectivity index (χ2n) is 6.02. The van der Waals surface area contributed by atoms with Crippen LogP contribution >= 0.6 is 0 Å². The maximum atomic E-state index is 12.5. The Morgan fingerprint density at radius 1 is 1.10 bits per heavy atom. The Morgan fingerprint density at radius 3 is 2.48 bits per heavy atom. The molecule has 2 heterocycles. The summed E-state index contributed by atoms with van der Waals surface area (Å²) in [5.41, 5.74) is 0. The van der Waals surface area contributed by atoms with Crippen LogP contribution in [0.3, 0.4) is 0 Å². The Hall–Kier alpha value is -1.34. The van der Waals surface area contributed by atoms with E-state index < -0.39 is 11.9 Å². The lowest BCUT2D eigenvalue weighted by molar-refractivity contribution is -0.142. The normalized spacial score (nSPS) is 27.7. The van der Waals surface area contributed by atoms with Crippen LogP contribution in [0.1, 0.15) is 13.3 Å². The number of rotatable bonds is 3. The summed E-state index contributed by atoms with van der Waals surface area (Å²) in [4.78, 5) is 29.3. The van der Waals surface area contributed by atoms with Gasteiger partial charge in [0.05, 0.1) is 12.5 Å². The topological polar surface area (TPSA) is 84.3 Å². The molecule has 0 aromatic rings. The number of aliphatic hydroxyl groups is 1. The number of aliphatic carboxylic acids is 1. The molecule has 0 aromatic heterocycles. The Bertz CT molecular complexity index is 390. The van der Waals surface area contributed by atoms with Gasteiger partial charge in [0.15, 0.2) is 0 Å². The lowest BCUT2D eigenvalue weighted by atomic mass is 9.99. The number of hydrogen-bond acceptors (Lipinski definition) is 4. The second kappa shape index (κ2) is 7.09. The molecule has 2 amide bonds. The summed E-state index contributed by atoms with van der Waals surface area (Å²) in [6.07, 6.45) is 0.886. The van der Waals surface area contributed by atoms with Crippen LogP contribution in [0.15, 0.2) is 0 Å². The Morgan fingerprint density at radius 2 is 1.86 bits per heavy atom. The number of hydrogen-bond donors (Lipinski definition) is 2. The maximum Gasteiger partial charge on any atom is 0.320 e. The van der Waals surface area contributed by atoms with Gasteiger partial charge in [-0.1, -0.05) is 6.92 Å². The van der Waals surface area contributed by atoms with Gasteiger partial charge in [0, 0.05) is 39.3 Å². The molecule has 2 aliphatic rings. The maximum absolute atomic E-state index is 12.5. The van der Waals surface area contributed by atoms with Gasteiger partial charge >= 0.3 is 12.0 Å². The van der Waals surface area contributed by atoms with Crippen LogP contribution in [-0.4, -0.2) is 89.3 Å². The van der Waals surface area contributed by atoms with Gasteiger partial charge in [-0.15, -0.1) is 0 Å². The molecule has 0 aromatic carbocycles. The van der Waals surface area contributed by atoms with E-state index in [1.807, 2.05) is 11.8 Å². The van der Waals surface area contributed by atoms with Crippen molar-refractivity contribution in [2.75, 3.05) is 52.4 Å². The number of urea groups is 1. The zero-order valence-corrected chi connectivity index (χ0v) is 12.6. The molecule has 7 heteroatoms. The highest BCUT2D eigenvalue weighted by molar-refractivity contribution is 5.77. The number of carboxylic acid groups (broad SMARTS) is 1. The van der Waals surface area contributed by atoms with Gasteiger partial charge in [-0.3, -0.25) is 9.69 Å². The largest absolute Gasteiger partial charge is 0.481 e. The van der Waals surface area contributed by atoms with Crippen LogP contribution in [0.5, 0.6) is 0 Å². The molecule has 0 radical (unpaired) electrons. The third kappa shape index (κ3) is 3.85. The minimum atomic E-state index is -0.817. The minimum Gasteiger partial charge on any atom is -0.481 e. The van der Waals surface area contributed by atoms with E-state index in [9.17, 15) is 9.59 Å². The van der Waals surface area contributed by atoms with Gasteiger partial charge in [-0.2, -0.15) is 0 Å². The van der Waals surface area contributed by atoms with Crippen LogP contribution in [0, 0.1) is 11.8 Å². The summed E-state index contributed by atoms with van der Waals surface area (Å²) in [6.45, 7) is 6.49. The van der Waals surface area contributed by atoms with Crippen LogP contribution in [0.2, 0.25) is 0 Å². The van der Waals surface area contributed by atoms with Gasteiger partial charge in [0.1, 0.15) is 0 Å². The first kappa shape index (κ1) is 16.0. The number of nitrogens with zero attached hydrogens (tertiary/aromatic N) is 3. The van der Waals surface area contributed by atoms with Crippen molar-refractivity contribution in [1.29, 1.82) is 0 Å². The lowest BCUT2D eigenvalue weighted by Crippen LogP contribution is -2.44. The van der Waals surface area contributed by atoms with Gasteiger partial charge in [-0.05, 0) is 18.9 Å². The summed E-state index contributed by atoms with van der Waals surface area (Å²) in [5, 5.41) is 18.1. The molecule has 2 N–H and O–H groups in total. The summed E-state index contributed by atoms with van der Waals surface area (Å²) < 4.78 is 0. The predicted octanol–water partition coefficient (Wildman–Crippen LogP) is -0.241. The number of β-amino-alcohol motifs (C(OH)–C–C–N with tert-alkyl or cyclic N) is 1. The third-order valence-electron chi connectivity index (χ3n) is 4.48. The zero-order chi connectivity index (χ0) is 15.4. The SMILES string of the molecule is CC1CN(C(=O)N2CCCN(CCO)CC2)CC1C(=O)O. The molecular formula is C14H25N3O4. The van der Waals surface area contributed by atoms with E-state index in [1.54, 1.807) is 4.90 Å². The molecular weight excluding hydrogens is 274 g/mol. The number of aliphatic hydroxyl groups excluding tert-OH is 1. The molecule has 2 atom stereocenters. The zero-order valence-electron chi connectivity index (χ0n) is 12.6. The summed E-state index contributed by atoms with van der Waals surface area (Å²) in [6, 6.07) is -0.0450. The monoisotopic (exact) mass is 299 g/mol. The molecule has 2 unspecified atom stereocenters. The van der Waals surface area contributed by atoms with E-state index in [0.717, 1.165) is 19.5 Å². The van der Waals surface area contributed by atoms with Crippen molar-refractivity contribution in [2.24, 2.45) is 11.8 Å². The molecule has 0 bridgehead atoms.